The van der Waals surface area contributed by atoms with Crippen molar-refractivity contribution < 1.29 is 33.4 Å². The van der Waals surface area contributed by atoms with Gasteiger partial charge in [0.05, 0.1) is 32.9 Å². The van der Waals surface area contributed by atoms with Crippen molar-refractivity contribution in [3.63, 3.8) is 0 Å². The zero-order valence-corrected chi connectivity index (χ0v) is 19.3. The minimum atomic E-state index is -1.05. The van der Waals surface area contributed by atoms with Crippen LogP contribution in [0.15, 0.2) is 71.6 Å². The molecular weight excluding hydrogens is 509 g/mol. The Morgan fingerprint density at radius 2 is 1.59 bits per heavy atom. The van der Waals surface area contributed by atoms with Gasteiger partial charge in [-0.15, -0.1) is 0 Å². The summed E-state index contributed by atoms with van der Waals surface area (Å²) in [4.78, 5) is 58.8. The minimum absolute atomic E-state index is 0.0315. The van der Waals surface area contributed by atoms with E-state index >= 15 is 0 Å². The van der Waals surface area contributed by atoms with Crippen molar-refractivity contribution in [2.45, 2.75) is 6.54 Å². The Labute approximate surface area is 211 Å². The van der Waals surface area contributed by atoms with Crippen molar-refractivity contribution >= 4 is 46.3 Å². The third-order valence-electron chi connectivity index (χ3n) is 5.11. The smallest absolute Gasteiger partial charge is 0.344 e. The first kappa shape index (κ1) is 25.2. The predicted molar refractivity (Wildman–Crippen MR) is 129 cm³/mol. The van der Waals surface area contributed by atoms with Crippen molar-refractivity contribution in [2.24, 2.45) is 0 Å². The molecule has 4 rings (SSSR count). The molecular formula is C24H14FN3O8S. The van der Waals surface area contributed by atoms with Gasteiger partial charge in [0.2, 0.25) is 0 Å². The fourth-order valence-electron chi connectivity index (χ4n) is 3.31. The highest BCUT2D eigenvalue weighted by atomic mass is 32.2. The maximum absolute atomic E-state index is 13.9. The predicted octanol–water partition coefficient (Wildman–Crippen LogP) is 5.10. The summed E-state index contributed by atoms with van der Waals surface area (Å²) < 4.78 is 19.1. The highest BCUT2D eigenvalue weighted by Crippen LogP contribution is 2.34. The van der Waals surface area contributed by atoms with E-state index in [0.29, 0.717) is 17.3 Å². The van der Waals surface area contributed by atoms with Gasteiger partial charge in [0.1, 0.15) is 11.6 Å². The molecule has 1 aliphatic rings. The Morgan fingerprint density at radius 3 is 2.19 bits per heavy atom. The summed E-state index contributed by atoms with van der Waals surface area (Å²) in [6, 6.07) is 14.0. The number of halogens is 1. The molecule has 0 unspecified atom stereocenters. The summed E-state index contributed by atoms with van der Waals surface area (Å²) in [7, 11) is 0. The highest BCUT2D eigenvalue weighted by Gasteiger charge is 2.35. The third-order valence-corrected chi connectivity index (χ3v) is 6.02. The van der Waals surface area contributed by atoms with Gasteiger partial charge in [-0.1, -0.05) is 30.3 Å². The van der Waals surface area contributed by atoms with Gasteiger partial charge >= 0.3 is 5.97 Å². The average molecular weight is 523 g/mol. The molecule has 13 heteroatoms. The second-order valence-electron chi connectivity index (χ2n) is 7.57. The van der Waals surface area contributed by atoms with E-state index in [1.165, 1.54) is 48.5 Å². The first-order chi connectivity index (χ1) is 17.6. The standard InChI is InChI=1S/C24H14FN3O8S/c25-20-4-2-1-3-15(20)13-26-22(29)21(37-24(26)31)9-14-5-7-19(8-6-14)36-23(30)16-10-17(27(32)33)12-18(11-16)28(34)35/h1-12H,13H2/b21-9-. The molecule has 1 fully saturated rings. The molecule has 0 aromatic heterocycles. The maximum Gasteiger partial charge on any atom is 0.344 e. The topological polar surface area (TPSA) is 150 Å². The number of nitrogens with zero attached hydrogens (tertiary/aromatic N) is 3. The zero-order valence-electron chi connectivity index (χ0n) is 18.5. The minimum Gasteiger partial charge on any atom is -0.423 e. The summed E-state index contributed by atoms with van der Waals surface area (Å²) >= 11 is 0.702. The lowest BCUT2D eigenvalue weighted by atomic mass is 10.1. The number of nitro groups is 2. The zero-order chi connectivity index (χ0) is 26.7. The Morgan fingerprint density at radius 1 is 0.973 bits per heavy atom. The summed E-state index contributed by atoms with van der Waals surface area (Å²) in [6.07, 6.45) is 1.45. The molecule has 37 heavy (non-hydrogen) atoms. The first-order valence-electron chi connectivity index (χ1n) is 10.4. The number of hydrogen-bond donors (Lipinski definition) is 0. The lowest BCUT2D eigenvalue weighted by molar-refractivity contribution is -0.394. The summed E-state index contributed by atoms with van der Waals surface area (Å²) in [5.74, 6) is -2.13. The van der Waals surface area contributed by atoms with Gasteiger partial charge in [-0.25, -0.2) is 9.18 Å². The van der Waals surface area contributed by atoms with Crippen LogP contribution in [0.1, 0.15) is 21.5 Å². The van der Waals surface area contributed by atoms with E-state index in [1.807, 2.05) is 0 Å². The van der Waals surface area contributed by atoms with E-state index < -0.39 is 44.2 Å². The van der Waals surface area contributed by atoms with Gasteiger partial charge in [0.15, 0.2) is 0 Å². The quantitative estimate of drug-likeness (QED) is 0.135. The van der Waals surface area contributed by atoms with Gasteiger partial charge in [0.25, 0.3) is 22.5 Å². The van der Waals surface area contributed by atoms with Crippen LogP contribution in [0.2, 0.25) is 0 Å². The molecule has 0 spiro atoms. The number of nitro benzene ring substituents is 2. The van der Waals surface area contributed by atoms with E-state index in [1.54, 1.807) is 6.07 Å². The lowest BCUT2D eigenvalue weighted by Gasteiger charge is -2.12. The van der Waals surface area contributed by atoms with Crippen molar-refractivity contribution in [3.05, 3.63) is 114 Å². The molecule has 1 heterocycles. The van der Waals surface area contributed by atoms with Crippen LogP contribution in [0, 0.1) is 26.0 Å². The Balaban J connectivity index is 1.47. The number of non-ortho nitro benzene ring substituents is 2. The van der Waals surface area contributed by atoms with Gasteiger partial charge in [-0.2, -0.15) is 0 Å². The average Bonchev–Trinajstić information content (AvgIpc) is 3.13. The number of amides is 2. The second-order valence-corrected chi connectivity index (χ2v) is 8.56. The number of rotatable bonds is 7. The van der Waals surface area contributed by atoms with E-state index in [0.717, 1.165) is 23.1 Å². The number of benzene rings is 3. The first-order valence-corrected chi connectivity index (χ1v) is 11.2. The molecule has 3 aromatic carbocycles. The molecule has 3 aromatic rings. The Bertz CT molecular complexity index is 1460. The van der Waals surface area contributed by atoms with Gasteiger partial charge in [0, 0.05) is 17.7 Å². The normalized spacial score (nSPS) is 14.2. The van der Waals surface area contributed by atoms with Crippen molar-refractivity contribution in [1.29, 1.82) is 0 Å². The van der Waals surface area contributed by atoms with Gasteiger partial charge in [-0.3, -0.25) is 34.7 Å². The SMILES string of the molecule is O=C(Oc1ccc(/C=C2\SC(=O)N(Cc3ccccc3F)C2=O)cc1)c1cc([N+](=O)[O-])cc([N+](=O)[O-])c1. The molecule has 0 saturated carbocycles. The van der Waals surface area contributed by atoms with Crippen LogP contribution in [0.5, 0.6) is 5.75 Å². The third kappa shape index (κ3) is 5.67. The van der Waals surface area contributed by atoms with Crippen LogP contribution in [0.4, 0.5) is 20.6 Å². The number of carbonyl (C=O) groups excluding carboxylic acids is 3. The maximum atomic E-state index is 13.9. The number of esters is 1. The van der Waals surface area contributed by atoms with Crippen molar-refractivity contribution in [1.82, 2.24) is 4.90 Å². The fourth-order valence-corrected chi connectivity index (χ4v) is 4.14. The summed E-state index contributed by atoms with van der Waals surface area (Å²) in [5, 5.41) is 21.5. The van der Waals surface area contributed by atoms with Crippen LogP contribution >= 0.6 is 11.8 Å². The second kappa shape index (κ2) is 10.4. The van der Waals surface area contributed by atoms with E-state index in [9.17, 15) is 39.0 Å². The van der Waals surface area contributed by atoms with Crippen LogP contribution < -0.4 is 4.74 Å². The molecule has 0 bridgehead atoms. The molecule has 1 saturated heterocycles. The number of carbonyl (C=O) groups is 3. The molecule has 11 nitrogen and oxygen atoms in total. The van der Waals surface area contributed by atoms with Crippen LogP contribution in [-0.2, 0) is 11.3 Å². The molecule has 0 N–H and O–H groups in total. The number of thioether (sulfide) groups is 1. The number of imide groups is 1. The monoisotopic (exact) mass is 523 g/mol. The Kier molecular flexibility index (Phi) is 7.06. The van der Waals surface area contributed by atoms with Crippen molar-refractivity contribution in [2.75, 3.05) is 0 Å². The largest absolute Gasteiger partial charge is 0.423 e. The van der Waals surface area contributed by atoms with Crippen molar-refractivity contribution in [3.8, 4) is 5.75 Å². The molecule has 0 radical (unpaired) electrons. The molecule has 2 amide bonds. The number of ether oxygens (including phenoxy) is 1. The summed E-state index contributed by atoms with van der Waals surface area (Å²) in [5.41, 5.74) is -0.970. The molecule has 186 valence electrons. The van der Waals surface area contributed by atoms with Crippen LogP contribution in [-0.4, -0.2) is 31.9 Å². The van der Waals surface area contributed by atoms with E-state index in [4.69, 9.17) is 4.74 Å². The van der Waals surface area contributed by atoms with E-state index in [2.05, 4.69) is 0 Å². The highest BCUT2D eigenvalue weighted by molar-refractivity contribution is 8.18. The van der Waals surface area contributed by atoms with Gasteiger partial charge in [-0.05, 0) is 41.6 Å². The van der Waals surface area contributed by atoms with Crippen LogP contribution in [0.3, 0.4) is 0 Å². The molecule has 1 aliphatic heterocycles. The molecule has 0 atom stereocenters. The van der Waals surface area contributed by atoms with Gasteiger partial charge < -0.3 is 4.74 Å². The lowest BCUT2D eigenvalue weighted by Crippen LogP contribution is -2.27. The molecule has 0 aliphatic carbocycles. The van der Waals surface area contributed by atoms with Crippen LogP contribution in [0.25, 0.3) is 6.08 Å². The number of hydrogen-bond acceptors (Lipinski definition) is 9. The fraction of sp³-hybridized carbons (Fsp3) is 0.0417. The summed E-state index contributed by atoms with van der Waals surface area (Å²) in [6.45, 7) is -0.209. The Hall–Kier alpha value is -4.91. The van der Waals surface area contributed by atoms with E-state index in [-0.39, 0.29) is 28.3 Å².